The fourth-order valence-electron chi connectivity index (χ4n) is 3.64. The third-order valence-corrected chi connectivity index (χ3v) is 5.22. The first-order chi connectivity index (χ1) is 11.3. The second-order valence-electron chi connectivity index (χ2n) is 7.68. The summed E-state index contributed by atoms with van der Waals surface area (Å²) in [4.78, 5) is 14.9. The molecule has 1 saturated carbocycles. The van der Waals surface area contributed by atoms with Crippen LogP contribution in [0.4, 0.5) is 4.79 Å². The van der Waals surface area contributed by atoms with Crippen molar-refractivity contribution in [3.05, 3.63) is 34.3 Å². The number of carbonyl (C=O) groups excluding carboxylic acids is 1. The van der Waals surface area contributed by atoms with Crippen molar-refractivity contribution < 1.29 is 14.3 Å². The first kappa shape index (κ1) is 17.7. The zero-order valence-corrected chi connectivity index (χ0v) is 16.2. The van der Waals surface area contributed by atoms with Gasteiger partial charge >= 0.3 is 6.09 Å². The Morgan fingerprint density at radius 3 is 2.54 bits per heavy atom. The molecule has 1 aromatic carbocycles. The van der Waals surface area contributed by atoms with Gasteiger partial charge in [0.15, 0.2) is 0 Å². The molecule has 3 atom stereocenters. The van der Waals surface area contributed by atoms with E-state index in [1.165, 1.54) is 6.42 Å². The average Bonchev–Trinajstić information content (AvgIpc) is 2.53. The highest BCUT2D eigenvalue weighted by atomic mass is 79.9. The van der Waals surface area contributed by atoms with Crippen molar-refractivity contribution in [1.82, 2.24) is 4.90 Å². The molecule has 1 heterocycles. The van der Waals surface area contributed by atoms with Crippen molar-refractivity contribution >= 4 is 22.0 Å². The number of ether oxygens (including phenoxy) is 2. The third kappa shape index (κ3) is 3.94. The van der Waals surface area contributed by atoms with E-state index in [4.69, 9.17) is 9.47 Å². The number of hydrogen-bond donors (Lipinski definition) is 0. The normalized spacial score (nSPS) is 27.5. The molecule has 1 amide bonds. The van der Waals surface area contributed by atoms with Gasteiger partial charge in [0.25, 0.3) is 0 Å². The Hall–Kier alpha value is -1.07. The van der Waals surface area contributed by atoms with E-state index in [0.29, 0.717) is 6.61 Å². The molecule has 4 nitrogen and oxygen atoms in total. The van der Waals surface area contributed by atoms with Gasteiger partial charge in [0.1, 0.15) is 5.60 Å². The minimum Gasteiger partial charge on any atom is -0.444 e. The lowest BCUT2D eigenvalue weighted by Gasteiger charge is -2.48. The summed E-state index contributed by atoms with van der Waals surface area (Å²) >= 11 is 3.47. The molecule has 1 aliphatic carbocycles. The van der Waals surface area contributed by atoms with Crippen molar-refractivity contribution in [3.8, 4) is 0 Å². The lowest BCUT2D eigenvalue weighted by Crippen LogP contribution is -2.57. The van der Waals surface area contributed by atoms with Crippen LogP contribution in [0.25, 0.3) is 0 Å². The highest BCUT2D eigenvalue weighted by Crippen LogP contribution is 2.38. The second-order valence-corrected chi connectivity index (χ2v) is 8.59. The number of halogens is 1. The third-order valence-electron chi connectivity index (χ3n) is 4.69. The minimum atomic E-state index is -0.496. The number of benzene rings is 1. The van der Waals surface area contributed by atoms with Gasteiger partial charge in [-0.2, -0.15) is 0 Å². The molecular weight excluding hydrogens is 370 g/mol. The van der Waals surface area contributed by atoms with Crippen molar-refractivity contribution in [3.63, 3.8) is 0 Å². The fraction of sp³-hybridized carbons (Fsp3) is 0.632. The summed E-state index contributed by atoms with van der Waals surface area (Å²) in [6.07, 6.45) is 4.23. The molecule has 2 aliphatic rings. The van der Waals surface area contributed by atoms with Crippen LogP contribution in [0.3, 0.4) is 0 Å². The first-order valence-corrected chi connectivity index (χ1v) is 9.53. The smallest absolute Gasteiger partial charge is 0.411 e. The zero-order chi connectivity index (χ0) is 17.3. The van der Waals surface area contributed by atoms with Gasteiger partial charge in [-0.25, -0.2) is 4.79 Å². The topological polar surface area (TPSA) is 38.8 Å². The van der Waals surface area contributed by atoms with Crippen LogP contribution in [0.2, 0.25) is 0 Å². The van der Waals surface area contributed by atoms with Crippen molar-refractivity contribution in [2.45, 2.75) is 70.2 Å². The maximum absolute atomic E-state index is 13.0. The van der Waals surface area contributed by atoms with Gasteiger partial charge in [0.05, 0.1) is 24.8 Å². The molecule has 3 unspecified atom stereocenters. The number of fused-ring (bicyclic) bond motifs is 1. The van der Waals surface area contributed by atoms with Crippen LogP contribution in [-0.4, -0.2) is 35.3 Å². The van der Waals surface area contributed by atoms with Gasteiger partial charge in [-0.05, 0) is 51.3 Å². The van der Waals surface area contributed by atoms with Crippen LogP contribution in [0.5, 0.6) is 0 Å². The number of carbonyl (C=O) groups is 1. The minimum absolute atomic E-state index is 0.0905. The zero-order valence-electron chi connectivity index (χ0n) is 14.6. The first-order valence-electron chi connectivity index (χ1n) is 8.73. The van der Waals surface area contributed by atoms with Crippen molar-refractivity contribution in [1.29, 1.82) is 0 Å². The Labute approximate surface area is 152 Å². The van der Waals surface area contributed by atoms with Crippen molar-refractivity contribution in [2.24, 2.45) is 0 Å². The van der Waals surface area contributed by atoms with Crippen LogP contribution in [-0.2, 0) is 9.47 Å². The maximum atomic E-state index is 13.0. The van der Waals surface area contributed by atoms with Crippen LogP contribution in [0.15, 0.2) is 28.7 Å². The summed E-state index contributed by atoms with van der Waals surface area (Å²) in [5.41, 5.74) is 0.595. The standard InChI is InChI=1S/C19H26BrNO3/c1-19(2,3)24-18(22)21-15-6-4-5-7-17(15)23-12-16(21)13-8-10-14(20)11-9-13/h8-11,15-17H,4-7,12H2,1-3H3. The Bertz CT molecular complexity index is 581. The molecule has 132 valence electrons. The maximum Gasteiger partial charge on any atom is 0.411 e. The van der Waals surface area contributed by atoms with Gasteiger partial charge in [-0.1, -0.05) is 40.9 Å². The summed E-state index contributed by atoms with van der Waals surface area (Å²) < 4.78 is 12.9. The molecule has 1 aromatic rings. The second kappa shape index (κ2) is 7.04. The van der Waals surface area contributed by atoms with E-state index in [0.717, 1.165) is 29.3 Å². The molecule has 5 heteroatoms. The highest BCUT2D eigenvalue weighted by molar-refractivity contribution is 9.10. The number of rotatable bonds is 1. The quantitative estimate of drug-likeness (QED) is 0.666. The Morgan fingerprint density at radius 2 is 1.88 bits per heavy atom. The Morgan fingerprint density at radius 1 is 1.21 bits per heavy atom. The summed E-state index contributed by atoms with van der Waals surface area (Å²) in [5, 5.41) is 0. The molecule has 0 radical (unpaired) electrons. The van der Waals surface area contributed by atoms with Gasteiger partial charge in [0.2, 0.25) is 0 Å². The molecule has 1 saturated heterocycles. The predicted molar refractivity (Wildman–Crippen MR) is 97.0 cm³/mol. The van der Waals surface area contributed by atoms with Gasteiger partial charge in [0, 0.05) is 4.47 Å². The number of hydrogen-bond acceptors (Lipinski definition) is 3. The van der Waals surface area contributed by atoms with E-state index in [1.807, 2.05) is 37.8 Å². The van der Waals surface area contributed by atoms with E-state index < -0.39 is 5.60 Å². The van der Waals surface area contributed by atoms with Crippen LogP contribution in [0, 0.1) is 0 Å². The fourth-order valence-corrected chi connectivity index (χ4v) is 3.90. The SMILES string of the molecule is CC(C)(C)OC(=O)N1C(c2ccc(Br)cc2)COC2CCCCC21. The Balaban J connectivity index is 1.90. The summed E-state index contributed by atoms with van der Waals surface area (Å²) in [6, 6.07) is 8.14. The molecule has 0 aromatic heterocycles. The summed E-state index contributed by atoms with van der Waals surface area (Å²) in [5.74, 6) is 0. The molecule has 1 aliphatic heterocycles. The van der Waals surface area contributed by atoms with Gasteiger partial charge in [-0.3, -0.25) is 4.90 Å². The molecule has 0 bridgehead atoms. The van der Waals surface area contributed by atoms with Gasteiger partial charge < -0.3 is 9.47 Å². The monoisotopic (exact) mass is 395 g/mol. The molecular formula is C19H26BrNO3. The van der Waals surface area contributed by atoms with E-state index in [9.17, 15) is 4.79 Å². The van der Waals surface area contributed by atoms with Gasteiger partial charge in [-0.15, -0.1) is 0 Å². The van der Waals surface area contributed by atoms with E-state index in [2.05, 4.69) is 28.1 Å². The average molecular weight is 396 g/mol. The van der Waals surface area contributed by atoms with Crippen LogP contribution in [0.1, 0.15) is 58.1 Å². The van der Waals surface area contributed by atoms with Crippen LogP contribution >= 0.6 is 15.9 Å². The van der Waals surface area contributed by atoms with E-state index >= 15 is 0 Å². The number of amides is 1. The Kier molecular flexibility index (Phi) is 5.21. The summed E-state index contributed by atoms with van der Waals surface area (Å²) in [7, 11) is 0. The van der Waals surface area contributed by atoms with Crippen LogP contribution < -0.4 is 0 Å². The van der Waals surface area contributed by atoms with Crippen molar-refractivity contribution in [2.75, 3.05) is 6.61 Å². The highest BCUT2D eigenvalue weighted by Gasteiger charge is 2.44. The number of nitrogens with zero attached hydrogens (tertiary/aromatic N) is 1. The molecule has 0 N–H and O–H groups in total. The summed E-state index contributed by atoms with van der Waals surface area (Å²) in [6.45, 7) is 6.27. The molecule has 24 heavy (non-hydrogen) atoms. The largest absolute Gasteiger partial charge is 0.444 e. The molecule has 3 rings (SSSR count). The predicted octanol–water partition coefficient (Wildman–Crippen LogP) is 5.07. The number of morpholine rings is 1. The molecule has 0 spiro atoms. The lowest BCUT2D eigenvalue weighted by atomic mass is 9.88. The lowest BCUT2D eigenvalue weighted by molar-refractivity contribution is -0.118. The van der Waals surface area contributed by atoms with E-state index in [1.54, 1.807) is 0 Å². The molecule has 2 fully saturated rings. The van der Waals surface area contributed by atoms with E-state index in [-0.39, 0.29) is 24.3 Å².